The number of hydrogen-bond donors (Lipinski definition) is 0. The number of hydrogen-bond acceptors (Lipinski definition) is 6. The Labute approximate surface area is 150 Å². The molecule has 2 aromatic heterocycles. The van der Waals surface area contributed by atoms with E-state index in [1.807, 2.05) is 24.3 Å². The van der Waals surface area contributed by atoms with Crippen LogP contribution in [-0.2, 0) is 17.8 Å². The van der Waals surface area contributed by atoms with Crippen LogP contribution in [0.3, 0.4) is 0 Å². The Morgan fingerprint density at radius 2 is 2.15 bits per heavy atom. The first-order valence-corrected chi connectivity index (χ1v) is 8.42. The topological polar surface area (TPSA) is 86.3 Å². The molecule has 26 heavy (non-hydrogen) atoms. The van der Waals surface area contributed by atoms with Gasteiger partial charge in [-0.05, 0) is 12.1 Å². The van der Waals surface area contributed by atoms with E-state index in [-0.39, 0.29) is 18.4 Å². The molecule has 0 spiro atoms. The van der Waals surface area contributed by atoms with Gasteiger partial charge in [-0.25, -0.2) is 0 Å². The molecule has 1 saturated heterocycles. The summed E-state index contributed by atoms with van der Waals surface area (Å²) in [4.78, 5) is 18.4. The van der Waals surface area contributed by atoms with Gasteiger partial charge in [-0.2, -0.15) is 10.1 Å². The van der Waals surface area contributed by atoms with E-state index in [1.165, 1.54) is 0 Å². The van der Waals surface area contributed by atoms with Crippen LogP contribution >= 0.6 is 0 Å². The van der Waals surface area contributed by atoms with E-state index in [0.29, 0.717) is 31.2 Å². The summed E-state index contributed by atoms with van der Waals surface area (Å²) in [5, 5.41) is 8.11. The fourth-order valence-corrected chi connectivity index (χ4v) is 3.00. The maximum atomic E-state index is 12.2. The van der Waals surface area contributed by atoms with Gasteiger partial charge >= 0.3 is 0 Å². The van der Waals surface area contributed by atoms with Gasteiger partial charge in [0.15, 0.2) is 5.82 Å². The van der Waals surface area contributed by atoms with Gasteiger partial charge in [0.2, 0.25) is 11.8 Å². The van der Waals surface area contributed by atoms with Crippen LogP contribution in [0.25, 0.3) is 0 Å². The molecule has 4 rings (SSSR count). The fraction of sp³-hybridized carbons (Fsp3) is 0.333. The van der Waals surface area contributed by atoms with Crippen LogP contribution < -0.4 is 4.74 Å². The van der Waals surface area contributed by atoms with Crippen molar-refractivity contribution in [2.24, 2.45) is 0 Å². The Morgan fingerprint density at radius 1 is 1.31 bits per heavy atom. The van der Waals surface area contributed by atoms with Crippen molar-refractivity contribution in [2.75, 3.05) is 20.2 Å². The molecule has 0 radical (unpaired) electrons. The Bertz CT molecular complexity index is 884. The van der Waals surface area contributed by atoms with E-state index < -0.39 is 0 Å². The monoisotopic (exact) mass is 353 g/mol. The van der Waals surface area contributed by atoms with E-state index in [2.05, 4.69) is 15.2 Å². The minimum Gasteiger partial charge on any atom is -0.496 e. The summed E-state index contributed by atoms with van der Waals surface area (Å²) < 4.78 is 12.4. The van der Waals surface area contributed by atoms with Gasteiger partial charge in [-0.3, -0.25) is 9.48 Å². The lowest BCUT2D eigenvalue weighted by atomic mass is 10.00. The maximum absolute atomic E-state index is 12.2. The zero-order valence-electron chi connectivity index (χ0n) is 14.4. The van der Waals surface area contributed by atoms with E-state index >= 15 is 0 Å². The number of likely N-dealkylation sites (tertiary alicyclic amines) is 1. The van der Waals surface area contributed by atoms with E-state index in [1.54, 1.807) is 35.2 Å². The third-order valence-corrected chi connectivity index (χ3v) is 4.46. The molecule has 8 heteroatoms. The minimum absolute atomic E-state index is 0.0405. The van der Waals surface area contributed by atoms with Crippen molar-refractivity contribution in [2.45, 2.75) is 18.9 Å². The van der Waals surface area contributed by atoms with Crippen LogP contribution in [0, 0.1) is 0 Å². The standard InChI is InChI=1S/C18H19N5O3/c1-25-15-6-3-2-5-13(15)9-16-20-18(26-21-16)14-10-22(11-14)17(24)12-23-8-4-7-19-23/h2-8,14H,9-12H2,1H3. The third kappa shape index (κ3) is 3.30. The van der Waals surface area contributed by atoms with E-state index in [0.717, 1.165) is 11.3 Å². The van der Waals surface area contributed by atoms with Gasteiger partial charge in [0, 0.05) is 37.5 Å². The Balaban J connectivity index is 1.34. The molecule has 134 valence electrons. The van der Waals surface area contributed by atoms with Gasteiger partial charge in [-0.15, -0.1) is 0 Å². The van der Waals surface area contributed by atoms with Gasteiger partial charge in [-0.1, -0.05) is 23.4 Å². The smallest absolute Gasteiger partial charge is 0.244 e. The summed E-state index contributed by atoms with van der Waals surface area (Å²) in [6.45, 7) is 1.44. The molecule has 1 aliphatic rings. The number of para-hydroxylation sites is 1. The molecule has 0 N–H and O–H groups in total. The highest BCUT2D eigenvalue weighted by molar-refractivity contribution is 5.77. The molecule has 0 atom stereocenters. The first-order valence-electron chi connectivity index (χ1n) is 8.42. The number of amides is 1. The van der Waals surface area contributed by atoms with Gasteiger partial charge in [0.05, 0.1) is 13.0 Å². The summed E-state index contributed by atoms with van der Waals surface area (Å²) in [6, 6.07) is 9.56. The second-order valence-electron chi connectivity index (χ2n) is 6.24. The predicted octanol–water partition coefficient (Wildman–Crippen LogP) is 1.49. The second-order valence-corrected chi connectivity index (χ2v) is 6.24. The van der Waals surface area contributed by atoms with Crippen LogP contribution in [0.1, 0.15) is 23.2 Å². The highest BCUT2D eigenvalue weighted by Crippen LogP contribution is 2.27. The van der Waals surface area contributed by atoms with Crippen molar-refractivity contribution < 1.29 is 14.1 Å². The molecule has 1 aromatic carbocycles. The normalized spacial score (nSPS) is 14.3. The number of aromatic nitrogens is 4. The quantitative estimate of drug-likeness (QED) is 0.667. The number of nitrogens with zero attached hydrogens (tertiary/aromatic N) is 5. The van der Waals surface area contributed by atoms with Crippen LogP contribution in [0.4, 0.5) is 0 Å². The van der Waals surface area contributed by atoms with Crippen molar-refractivity contribution in [1.29, 1.82) is 0 Å². The second kappa shape index (κ2) is 6.99. The molecule has 3 aromatic rings. The number of methoxy groups -OCH3 is 1. The molecule has 3 heterocycles. The molecule has 8 nitrogen and oxygen atoms in total. The zero-order valence-corrected chi connectivity index (χ0v) is 14.4. The number of ether oxygens (including phenoxy) is 1. The lowest BCUT2D eigenvalue weighted by Gasteiger charge is -2.37. The summed E-state index contributed by atoms with van der Waals surface area (Å²) >= 11 is 0. The highest BCUT2D eigenvalue weighted by atomic mass is 16.5. The molecule has 0 bridgehead atoms. The predicted molar refractivity (Wildman–Crippen MR) is 91.6 cm³/mol. The summed E-state index contributed by atoms with van der Waals surface area (Å²) in [5.74, 6) is 2.14. The molecule has 1 amide bonds. The van der Waals surface area contributed by atoms with Crippen molar-refractivity contribution in [1.82, 2.24) is 24.8 Å². The minimum atomic E-state index is 0.0405. The summed E-state index contributed by atoms with van der Waals surface area (Å²) in [6.07, 6.45) is 3.98. The van der Waals surface area contributed by atoms with Crippen LogP contribution in [0.15, 0.2) is 47.2 Å². The van der Waals surface area contributed by atoms with Crippen molar-refractivity contribution >= 4 is 5.91 Å². The lowest BCUT2D eigenvalue weighted by Crippen LogP contribution is -2.49. The summed E-state index contributed by atoms with van der Waals surface area (Å²) in [7, 11) is 1.64. The number of rotatable bonds is 6. The maximum Gasteiger partial charge on any atom is 0.244 e. The number of carbonyl (C=O) groups is 1. The van der Waals surface area contributed by atoms with Crippen LogP contribution in [0.5, 0.6) is 5.75 Å². The van der Waals surface area contributed by atoms with Crippen molar-refractivity contribution in [3.8, 4) is 5.75 Å². The van der Waals surface area contributed by atoms with Crippen LogP contribution in [0.2, 0.25) is 0 Å². The highest BCUT2D eigenvalue weighted by Gasteiger charge is 2.35. The van der Waals surface area contributed by atoms with Gasteiger partial charge in [0.25, 0.3) is 0 Å². The lowest BCUT2D eigenvalue weighted by molar-refractivity contribution is -0.136. The molecule has 0 saturated carbocycles. The Morgan fingerprint density at radius 3 is 2.92 bits per heavy atom. The molecule has 0 aliphatic carbocycles. The number of carbonyl (C=O) groups excluding carboxylic acids is 1. The zero-order chi connectivity index (χ0) is 17.9. The van der Waals surface area contributed by atoms with E-state index in [4.69, 9.17) is 9.26 Å². The molecule has 1 fully saturated rings. The largest absolute Gasteiger partial charge is 0.496 e. The van der Waals surface area contributed by atoms with Crippen molar-refractivity contribution in [3.05, 3.63) is 60.0 Å². The molecule has 1 aliphatic heterocycles. The fourth-order valence-electron chi connectivity index (χ4n) is 3.00. The summed E-state index contributed by atoms with van der Waals surface area (Å²) in [5.41, 5.74) is 1.01. The molecular formula is C18H19N5O3. The van der Waals surface area contributed by atoms with Gasteiger partial charge < -0.3 is 14.2 Å². The Kier molecular flexibility index (Phi) is 4.39. The van der Waals surface area contributed by atoms with Gasteiger partial charge in [0.1, 0.15) is 12.3 Å². The first-order chi connectivity index (χ1) is 12.7. The average molecular weight is 353 g/mol. The molecule has 0 unspecified atom stereocenters. The average Bonchev–Trinajstić information content (AvgIpc) is 3.26. The first kappa shape index (κ1) is 16.3. The molecular weight excluding hydrogens is 334 g/mol. The Hall–Kier alpha value is -3.16. The third-order valence-electron chi connectivity index (χ3n) is 4.46. The van der Waals surface area contributed by atoms with Crippen LogP contribution in [-0.4, -0.2) is 50.9 Å². The van der Waals surface area contributed by atoms with E-state index in [9.17, 15) is 4.79 Å². The number of benzene rings is 1. The SMILES string of the molecule is COc1ccccc1Cc1noc(C2CN(C(=O)Cn3cccn3)C2)n1. The van der Waals surface area contributed by atoms with Crippen molar-refractivity contribution in [3.63, 3.8) is 0 Å².